The number of aromatic amines is 1. The molecule has 26 heavy (non-hydrogen) atoms. The van der Waals surface area contributed by atoms with Crippen molar-refractivity contribution in [1.29, 1.82) is 0 Å². The Morgan fingerprint density at radius 3 is 2.65 bits per heavy atom. The molecule has 0 amide bonds. The Labute approximate surface area is 155 Å². The topological polar surface area (TPSA) is 112 Å². The first-order valence-electron chi connectivity index (χ1n) is 8.16. The van der Waals surface area contributed by atoms with E-state index in [4.69, 9.17) is 12.2 Å². The molecule has 0 saturated carbocycles. The summed E-state index contributed by atoms with van der Waals surface area (Å²) in [5.74, 6) is -0.405. The van der Waals surface area contributed by atoms with Crippen LogP contribution in [-0.4, -0.2) is 25.5 Å². The number of H-pyrrole nitrogens is 1. The zero-order valence-corrected chi connectivity index (χ0v) is 15.4. The number of hydrazone groups is 1. The summed E-state index contributed by atoms with van der Waals surface area (Å²) in [6.07, 6.45) is 1.53. The van der Waals surface area contributed by atoms with Gasteiger partial charge in [0, 0.05) is 12.2 Å². The number of thiocarbonyl (C=S) groups is 1. The highest BCUT2D eigenvalue weighted by atomic mass is 32.1. The van der Waals surface area contributed by atoms with Gasteiger partial charge in [-0.2, -0.15) is 5.10 Å². The average Bonchev–Trinajstić information content (AvgIpc) is 2.60. The Kier molecular flexibility index (Phi) is 6.67. The fourth-order valence-electron chi connectivity index (χ4n) is 2.28. The normalized spacial score (nSPS) is 11.2. The fraction of sp³-hybridized carbons (Fsp3) is 0.294. The van der Waals surface area contributed by atoms with Crippen LogP contribution in [0.2, 0.25) is 0 Å². The number of rotatable bonds is 6. The van der Waals surface area contributed by atoms with E-state index in [2.05, 4.69) is 20.8 Å². The van der Waals surface area contributed by atoms with Crippen LogP contribution in [0.25, 0.3) is 0 Å². The van der Waals surface area contributed by atoms with Crippen LogP contribution in [-0.2, 0) is 6.54 Å². The van der Waals surface area contributed by atoms with Gasteiger partial charge >= 0.3 is 5.69 Å². The third-order valence-corrected chi connectivity index (χ3v) is 3.82. The van der Waals surface area contributed by atoms with Crippen molar-refractivity contribution in [3.8, 4) is 5.88 Å². The molecule has 1 heterocycles. The molecule has 0 aliphatic rings. The average molecular weight is 375 g/mol. The molecule has 2 aromatic rings. The molecule has 0 bridgehead atoms. The smallest absolute Gasteiger partial charge is 0.331 e. The van der Waals surface area contributed by atoms with E-state index in [1.165, 1.54) is 6.92 Å². The van der Waals surface area contributed by atoms with Crippen molar-refractivity contribution in [3.05, 3.63) is 56.7 Å². The van der Waals surface area contributed by atoms with Gasteiger partial charge in [-0.05, 0) is 37.7 Å². The summed E-state index contributed by atoms with van der Waals surface area (Å²) < 4.78 is 1.12. The highest BCUT2D eigenvalue weighted by molar-refractivity contribution is 7.80. The predicted octanol–water partition coefficient (Wildman–Crippen LogP) is 1.75. The van der Waals surface area contributed by atoms with Crippen molar-refractivity contribution >= 4 is 28.7 Å². The maximum absolute atomic E-state index is 12.1. The first-order valence-corrected chi connectivity index (χ1v) is 8.57. The summed E-state index contributed by atoms with van der Waals surface area (Å²) in [5.41, 5.74) is 2.18. The van der Waals surface area contributed by atoms with Crippen LogP contribution in [0.5, 0.6) is 5.88 Å². The minimum absolute atomic E-state index is 0.0734. The van der Waals surface area contributed by atoms with Crippen LogP contribution in [0, 0.1) is 0 Å². The molecule has 1 aromatic heterocycles. The Hall–Kier alpha value is -2.94. The molecule has 0 aliphatic heterocycles. The van der Waals surface area contributed by atoms with Gasteiger partial charge < -0.3 is 10.4 Å². The van der Waals surface area contributed by atoms with Crippen LogP contribution in [0.1, 0.15) is 32.3 Å². The lowest BCUT2D eigenvalue weighted by atomic mass is 10.2. The van der Waals surface area contributed by atoms with Gasteiger partial charge in [0.05, 0.1) is 5.71 Å². The lowest BCUT2D eigenvalue weighted by Gasteiger charge is -2.11. The Bertz CT molecular complexity index is 918. The monoisotopic (exact) mass is 375 g/mol. The molecule has 1 aromatic carbocycles. The van der Waals surface area contributed by atoms with Gasteiger partial charge in [0.1, 0.15) is 5.56 Å². The highest BCUT2D eigenvalue weighted by Crippen LogP contribution is 2.12. The highest BCUT2D eigenvalue weighted by Gasteiger charge is 2.16. The maximum atomic E-state index is 12.1. The Morgan fingerprint density at radius 2 is 2.00 bits per heavy atom. The van der Waals surface area contributed by atoms with Crippen LogP contribution in [0.15, 0.2) is 45.0 Å². The van der Waals surface area contributed by atoms with E-state index < -0.39 is 17.1 Å². The van der Waals surface area contributed by atoms with Gasteiger partial charge in [-0.15, -0.1) is 0 Å². The van der Waals surface area contributed by atoms with E-state index in [1.807, 2.05) is 37.3 Å². The minimum Gasteiger partial charge on any atom is -0.494 e. The Morgan fingerprint density at radius 1 is 1.31 bits per heavy atom. The second kappa shape index (κ2) is 8.95. The number of unbranched alkanes of at least 4 members (excludes halogenated alkanes) is 1. The third-order valence-electron chi connectivity index (χ3n) is 3.63. The van der Waals surface area contributed by atoms with Crippen LogP contribution < -0.4 is 22.0 Å². The molecule has 0 fully saturated rings. The molecule has 0 radical (unpaired) electrons. The summed E-state index contributed by atoms with van der Waals surface area (Å²) in [4.78, 5) is 26.2. The summed E-state index contributed by atoms with van der Waals surface area (Å²) in [6, 6.07) is 9.27. The zero-order chi connectivity index (χ0) is 19.1. The molecule has 0 saturated heterocycles. The van der Waals surface area contributed by atoms with Crippen LogP contribution in [0.3, 0.4) is 0 Å². The Balaban J connectivity index is 2.21. The van der Waals surface area contributed by atoms with E-state index in [1.54, 1.807) is 0 Å². The number of para-hydroxylation sites is 1. The second-order valence-electron chi connectivity index (χ2n) is 5.59. The largest absolute Gasteiger partial charge is 0.494 e. The number of benzene rings is 1. The van der Waals surface area contributed by atoms with Crippen molar-refractivity contribution < 1.29 is 5.11 Å². The standard InChI is InChI=1S/C17H21N5O3S/c1-3-4-10-22-15(24)13(14(23)19-17(22)25)11(2)20-21-16(26)18-12-8-6-5-7-9-12/h5-9,24H,3-4,10H2,1-2H3,(H2,18,21,26)(H,19,23,25). The summed E-state index contributed by atoms with van der Waals surface area (Å²) in [6.45, 7) is 3.81. The van der Waals surface area contributed by atoms with E-state index >= 15 is 0 Å². The second-order valence-corrected chi connectivity index (χ2v) is 6.00. The number of hydrogen-bond acceptors (Lipinski definition) is 5. The predicted molar refractivity (Wildman–Crippen MR) is 106 cm³/mol. The molecule has 0 aliphatic carbocycles. The van der Waals surface area contributed by atoms with E-state index in [-0.39, 0.29) is 16.4 Å². The van der Waals surface area contributed by atoms with Gasteiger partial charge in [-0.1, -0.05) is 31.5 Å². The third kappa shape index (κ3) is 4.79. The number of nitrogens with one attached hydrogen (secondary N) is 3. The number of hydrogen-bond donors (Lipinski definition) is 4. The number of aromatic hydroxyl groups is 1. The van der Waals surface area contributed by atoms with Gasteiger partial charge in [0.15, 0.2) is 5.11 Å². The van der Waals surface area contributed by atoms with Crippen molar-refractivity contribution in [2.24, 2.45) is 5.10 Å². The number of aromatic nitrogens is 2. The molecule has 9 heteroatoms. The van der Waals surface area contributed by atoms with Gasteiger partial charge in [-0.25, -0.2) is 4.79 Å². The maximum Gasteiger partial charge on any atom is 0.331 e. The van der Waals surface area contributed by atoms with Gasteiger partial charge in [0.2, 0.25) is 5.88 Å². The first kappa shape index (κ1) is 19.4. The molecular formula is C17H21N5O3S. The molecule has 0 unspecified atom stereocenters. The quantitative estimate of drug-likeness (QED) is 0.348. The van der Waals surface area contributed by atoms with Crippen LogP contribution >= 0.6 is 12.2 Å². The fourth-order valence-corrected chi connectivity index (χ4v) is 2.44. The van der Waals surface area contributed by atoms with E-state index in [9.17, 15) is 14.7 Å². The lowest BCUT2D eigenvalue weighted by molar-refractivity contribution is 0.394. The molecule has 8 nitrogen and oxygen atoms in total. The van der Waals surface area contributed by atoms with Crippen molar-refractivity contribution in [1.82, 2.24) is 15.0 Å². The van der Waals surface area contributed by atoms with E-state index in [0.717, 1.165) is 16.7 Å². The minimum atomic E-state index is -0.703. The number of anilines is 1. The molecule has 4 N–H and O–H groups in total. The lowest BCUT2D eigenvalue weighted by Crippen LogP contribution is -2.34. The molecule has 0 atom stereocenters. The SMILES string of the molecule is CCCCn1c(O)c(C(C)=NNC(=S)Nc2ccccc2)c(=O)[nH]c1=O. The van der Waals surface area contributed by atoms with Crippen molar-refractivity contribution in [3.63, 3.8) is 0 Å². The van der Waals surface area contributed by atoms with E-state index in [0.29, 0.717) is 13.0 Å². The summed E-state index contributed by atoms with van der Waals surface area (Å²) >= 11 is 5.14. The van der Waals surface area contributed by atoms with Gasteiger partial charge in [0.25, 0.3) is 5.56 Å². The molecular weight excluding hydrogens is 354 g/mol. The van der Waals surface area contributed by atoms with Crippen molar-refractivity contribution in [2.45, 2.75) is 33.2 Å². The van der Waals surface area contributed by atoms with Crippen LogP contribution in [0.4, 0.5) is 5.69 Å². The molecule has 2 rings (SSSR count). The summed E-state index contributed by atoms with van der Waals surface area (Å²) in [5, 5.41) is 17.5. The molecule has 138 valence electrons. The molecule has 0 spiro atoms. The first-order chi connectivity index (χ1) is 12.4. The number of nitrogens with zero attached hydrogens (tertiary/aromatic N) is 2. The van der Waals surface area contributed by atoms with Crippen molar-refractivity contribution in [2.75, 3.05) is 5.32 Å². The zero-order valence-electron chi connectivity index (χ0n) is 14.6. The van der Waals surface area contributed by atoms with Gasteiger partial charge in [-0.3, -0.25) is 19.8 Å². The summed E-state index contributed by atoms with van der Waals surface area (Å²) in [7, 11) is 0.